The van der Waals surface area contributed by atoms with E-state index in [1.807, 2.05) is 0 Å². The van der Waals surface area contributed by atoms with Crippen molar-refractivity contribution in [2.45, 2.75) is 49.7 Å². The van der Waals surface area contributed by atoms with Crippen molar-refractivity contribution in [3.63, 3.8) is 0 Å². The lowest BCUT2D eigenvalue weighted by atomic mass is 9.95. The zero-order valence-corrected chi connectivity index (χ0v) is 16.8. The highest BCUT2D eigenvalue weighted by atomic mass is 32.2. The number of carbonyl (C=O) groups excluding carboxylic acids is 2. The van der Waals surface area contributed by atoms with Gasteiger partial charge < -0.3 is 15.3 Å². The molecule has 1 fully saturated rings. The quantitative estimate of drug-likeness (QED) is 0.525. The molecule has 27 heavy (non-hydrogen) atoms. The lowest BCUT2D eigenvalue weighted by molar-refractivity contribution is -0.136. The van der Waals surface area contributed by atoms with Crippen LogP contribution in [0.4, 0.5) is 0 Å². The Morgan fingerprint density at radius 2 is 1.93 bits per heavy atom. The number of carboxylic acids is 1. The van der Waals surface area contributed by atoms with Crippen LogP contribution < -0.4 is 5.32 Å². The molecule has 1 unspecified atom stereocenters. The maximum Gasteiger partial charge on any atom is 0.316 e. The lowest BCUT2D eigenvalue weighted by Crippen LogP contribution is -2.43. The van der Waals surface area contributed by atoms with Gasteiger partial charge in [0.2, 0.25) is 5.91 Å². The fraction of sp³-hybridized carbons (Fsp3) is 0.550. The van der Waals surface area contributed by atoms with Gasteiger partial charge in [0.15, 0.2) is 0 Å². The van der Waals surface area contributed by atoms with Gasteiger partial charge in [-0.25, -0.2) is 0 Å². The maximum atomic E-state index is 12.9. The SMILES string of the molecule is CCCCNC(=O)C1CCN(C(=O)c2ccccc2SC(C)C(=O)O)CC1. The molecule has 0 bridgehead atoms. The molecule has 1 aliphatic rings. The molecule has 0 aliphatic carbocycles. The number of rotatable bonds is 8. The first kappa shape index (κ1) is 21.3. The minimum Gasteiger partial charge on any atom is -0.480 e. The lowest BCUT2D eigenvalue weighted by Gasteiger charge is -2.32. The number of unbranched alkanes of at least 4 members (excludes halogenated alkanes) is 1. The Labute approximate surface area is 164 Å². The third kappa shape index (κ3) is 5.99. The van der Waals surface area contributed by atoms with Crippen LogP contribution in [0.2, 0.25) is 0 Å². The minimum absolute atomic E-state index is 0.0393. The monoisotopic (exact) mass is 392 g/mol. The number of amides is 2. The van der Waals surface area contributed by atoms with Gasteiger partial charge in [-0.05, 0) is 38.3 Å². The van der Waals surface area contributed by atoms with Crippen LogP contribution >= 0.6 is 11.8 Å². The molecule has 0 aromatic heterocycles. The predicted octanol–water partition coefficient (Wildman–Crippen LogP) is 3.02. The van der Waals surface area contributed by atoms with E-state index in [2.05, 4.69) is 12.2 Å². The van der Waals surface area contributed by atoms with Crippen LogP contribution in [-0.4, -0.2) is 52.7 Å². The van der Waals surface area contributed by atoms with Crippen molar-refractivity contribution >= 4 is 29.5 Å². The smallest absolute Gasteiger partial charge is 0.316 e. The second-order valence-corrected chi connectivity index (χ2v) is 8.19. The summed E-state index contributed by atoms with van der Waals surface area (Å²) in [6, 6.07) is 7.12. The molecule has 6 nitrogen and oxygen atoms in total. The summed E-state index contributed by atoms with van der Waals surface area (Å²) in [4.78, 5) is 38.7. The molecule has 2 rings (SSSR count). The average Bonchev–Trinajstić information content (AvgIpc) is 2.68. The summed E-state index contributed by atoms with van der Waals surface area (Å²) >= 11 is 1.18. The molecule has 2 N–H and O–H groups in total. The van der Waals surface area contributed by atoms with Crippen LogP contribution in [0.5, 0.6) is 0 Å². The number of hydrogen-bond donors (Lipinski definition) is 2. The molecule has 148 valence electrons. The average molecular weight is 393 g/mol. The molecule has 0 saturated carbocycles. The van der Waals surface area contributed by atoms with Crippen LogP contribution in [0.15, 0.2) is 29.2 Å². The Bertz CT molecular complexity index is 672. The molecule has 2 amide bonds. The minimum atomic E-state index is -0.905. The zero-order valence-electron chi connectivity index (χ0n) is 15.9. The van der Waals surface area contributed by atoms with E-state index in [9.17, 15) is 14.4 Å². The van der Waals surface area contributed by atoms with E-state index >= 15 is 0 Å². The highest BCUT2D eigenvalue weighted by Gasteiger charge is 2.29. The van der Waals surface area contributed by atoms with Crippen LogP contribution in [0.1, 0.15) is 49.9 Å². The second-order valence-electron chi connectivity index (χ2n) is 6.81. The number of nitrogens with one attached hydrogen (secondary N) is 1. The van der Waals surface area contributed by atoms with Gasteiger partial charge in [0.25, 0.3) is 5.91 Å². The highest BCUT2D eigenvalue weighted by molar-refractivity contribution is 8.00. The Kier molecular flexibility index (Phi) is 8.16. The molecule has 1 aromatic carbocycles. The van der Waals surface area contributed by atoms with Gasteiger partial charge >= 0.3 is 5.97 Å². The summed E-state index contributed by atoms with van der Waals surface area (Å²) in [5.41, 5.74) is 0.529. The normalized spacial score (nSPS) is 16.0. The Morgan fingerprint density at radius 1 is 1.26 bits per heavy atom. The number of benzene rings is 1. The van der Waals surface area contributed by atoms with E-state index in [0.717, 1.165) is 12.8 Å². The second kappa shape index (κ2) is 10.3. The topological polar surface area (TPSA) is 86.7 Å². The predicted molar refractivity (Wildman–Crippen MR) is 106 cm³/mol. The van der Waals surface area contributed by atoms with Gasteiger partial charge in [-0.3, -0.25) is 14.4 Å². The van der Waals surface area contributed by atoms with E-state index in [1.54, 1.807) is 36.1 Å². The van der Waals surface area contributed by atoms with E-state index < -0.39 is 11.2 Å². The van der Waals surface area contributed by atoms with E-state index in [1.165, 1.54) is 11.8 Å². The van der Waals surface area contributed by atoms with Crippen molar-refractivity contribution in [3.05, 3.63) is 29.8 Å². The standard InChI is InChI=1S/C20H28N2O4S/c1-3-4-11-21-18(23)15-9-12-22(13-10-15)19(24)16-7-5-6-8-17(16)27-14(2)20(25)26/h5-8,14-15H,3-4,9-13H2,1-2H3,(H,21,23)(H,25,26). The maximum absolute atomic E-state index is 12.9. The van der Waals surface area contributed by atoms with E-state index in [4.69, 9.17) is 5.11 Å². The van der Waals surface area contributed by atoms with Crippen molar-refractivity contribution in [3.8, 4) is 0 Å². The number of likely N-dealkylation sites (tertiary alicyclic amines) is 1. The number of aliphatic carboxylic acids is 1. The number of thioether (sulfide) groups is 1. The summed E-state index contributed by atoms with van der Waals surface area (Å²) in [5.74, 6) is -0.956. The molecular weight excluding hydrogens is 364 g/mol. The molecule has 1 aromatic rings. The number of nitrogens with zero attached hydrogens (tertiary/aromatic N) is 1. The van der Waals surface area contributed by atoms with Crippen LogP contribution in [0, 0.1) is 5.92 Å². The highest BCUT2D eigenvalue weighted by Crippen LogP contribution is 2.29. The van der Waals surface area contributed by atoms with Gasteiger partial charge in [-0.15, -0.1) is 11.8 Å². The Hall–Kier alpha value is -2.02. The fourth-order valence-electron chi connectivity index (χ4n) is 3.03. The summed E-state index contributed by atoms with van der Waals surface area (Å²) in [6.45, 7) is 5.48. The third-order valence-electron chi connectivity index (χ3n) is 4.75. The number of carbonyl (C=O) groups is 3. The van der Waals surface area contributed by atoms with E-state index in [-0.39, 0.29) is 17.7 Å². The van der Waals surface area contributed by atoms with Crippen molar-refractivity contribution in [1.29, 1.82) is 0 Å². The van der Waals surface area contributed by atoms with Gasteiger partial charge in [0.05, 0.1) is 5.56 Å². The fourth-order valence-corrected chi connectivity index (χ4v) is 3.96. The largest absolute Gasteiger partial charge is 0.480 e. The van der Waals surface area contributed by atoms with Crippen molar-refractivity contribution < 1.29 is 19.5 Å². The van der Waals surface area contributed by atoms with Crippen molar-refractivity contribution in [1.82, 2.24) is 10.2 Å². The Balaban J connectivity index is 1.96. The first-order valence-electron chi connectivity index (χ1n) is 9.49. The first-order chi connectivity index (χ1) is 12.9. The molecular formula is C20H28N2O4S. The molecule has 1 aliphatic heterocycles. The zero-order chi connectivity index (χ0) is 19.8. The van der Waals surface area contributed by atoms with Crippen molar-refractivity contribution in [2.24, 2.45) is 5.92 Å². The third-order valence-corrected chi connectivity index (χ3v) is 5.92. The molecule has 1 saturated heterocycles. The van der Waals surface area contributed by atoms with Crippen LogP contribution in [0.25, 0.3) is 0 Å². The van der Waals surface area contributed by atoms with Crippen LogP contribution in [0.3, 0.4) is 0 Å². The van der Waals surface area contributed by atoms with Gasteiger partial charge in [-0.2, -0.15) is 0 Å². The van der Waals surface area contributed by atoms with Crippen molar-refractivity contribution in [2.75, 3.05) is 19.6 Å². The van der Waals surface area contributed by atoms with Crippen LogP contribution in [-0.2, 0) is 9.59 Å². The summed E-state index contributed by atoms with van der Waals surface area (Å²) < 4.78 is 0. The number of carboxylic acid groups (broad SMARTS) is 1. The molecule has 7 heteroatoms. The van der Waals surface area contributed by atoms with E-state index in [0.29, 0.717) is 42.9 Å². The molecule has 0 spiro atoms. The summed E-state index contributed by atoms with van der Waals surface area (Å²) in [6.07, 6.45) is 3.34. The summed E-state index contributed by atoms with van der Waals surface area (Å²) in [7, 11) is 0. The number of piperidine rings is 1. The first-order valence-corrected chi connectivity index (χ1v) is 10.4. The molecule has 1 atom stereocenters. The van der Waals surface area contributed by atoms with Gasteiger partial charge in [0, 0.05) is 30.4 Å². The number of hydrogen-bond acceptors (Lipinski definition) is 4. The molecule has 1 heterocycles. The molecule has 0 radical (unpaired) electrons. The Morgan fingerprint density at radius 3 is 2.56 bits per heavy atom. The summed E-state index contributed by atoms with van der Waals surface area (Å²) in [5, 5.41) is 11.5. The van der Waals surface area contributed by atoms with Gasteiger partial charge in [-0.1, -0.05) is 25.5 Å². The van der Waals surface area contributed by atoms with Gasteiger partial charge in [0.1, 0.15) is 5.25 Å².